The van der Waals surface area contributed by atoms with Crippen LogP contribution in [0.2, 0.25) is 0 Å². The Morgan fingerprint density at radius 3 is 1.19 bits per heavy atom. The Kier molecular flexibility index (Phi) is 6.00. The summed E-state index contributed by atoms with van der Waals surface area (Å²) in [6.07, 6.45) is 3.52. The molecule has 0 fully saturated rings. The lowest BCUT2D eigenvalue weighted by molar-refractivity contribution is -0.385. The monoisotopic (exact) mass is 560 g/mol. The number of amides is 4. The van der Waals surface area contributed by atoms with Crippen molar-refractivity contribution < 1.29 is 29.0 Å². The maximum atomic E-state index is 12.9. The zero-order chi connectivity index (χ0) is 29.7. The van der Waals surface area contributed by atoms with Gasteiger partial charge < -0.3 is 0 Å². The van der Waals surface area contributed by atoms with Gasteiger partial charge in [0.1, 0.15) is 11.1 Å². The molecule has 2 aliphatic rings. The molecule has 4 amide bonds. The minimum atomic E-state index is -0.765. The van der Waals surface area contributed by atoms with Crippen molar-refractivity contribution >= 4 is 58.5 Å². The Hall–Kier alpha value is -6.30. The van der Waals surface area contributed by atoms with Gasteiger partial charge in [-0.25, -0.2) is 9.80 Å². The van der Waals surface area contributed by atoms with Crippen molar-refractivity contribution in [3.8, 4) is 0 Å². The fraction of sp³-hybridized carbons (Fsp3) is 0. The van der Waals surface area contributed by atoms with Crippen molar-refractivity contribution in [3.05, 3.63) is 139 Å². The molecule has 0 saturated carbocycles. The standard InChI is InChI=1S/C30H16N4O8/c35-27-21-3-1-5-23(33(39)40)25(21)29(37)31(27)19-13-9-17(10-14-19)7-8-18-11-15-20(16-12-18)32-28(36)22-4-2-6-24(34(41)42)26(22)30(32)38/h1-16H/b8-7+. The SMILES string of the molecule is O=C1c2cccc([N+](=O)[O-])c2C(=O)N1c1ccc(/C=C/c2ccc(N3C(=O)c4cccc([N+](=O)[O-])c4C3=O)cc2)cc1. The molecule has 4 aromatic carbocycles. The van der Waals surface area contributed by atoms with E-state index >= 15 is 0 Å². The van der Waals surface area contributed by atoms with Gasteiger partial charge >= 0.3 is 0 Å². The average Bonchev–Trinajstić information content (AvgIpc) is 3.40. The van der Waals surface area contributed by atoms with E-state index in [1.54, 1.807) is 60.7 Å². The molecule has 0 N–H and O–H groups in total. The predicted octanol–water partition coefficient (Wildman–Crippen LogP) is 5.27. The van der Waals surface area contributed by atoms with Crippen LogP contribution >= 0.6 is 0 Å². The van der Waals surface area contributed by atoms with Crippen LogP contribution in [0.4, 0.5) is 22.7 Å². The molecule has 204 valence electrons. The summed E-state index contributed by atoms with van der Waals surface area (Å²) in [5.41, 5.74) is 0.583. The summed E-state index contributed by atoms with van der Waals surface area (Å²) in [5.74, 6) is -2.82. The molecule has 0 unspecified atom stereocenters. The number of carbonyl (C=O) groups is 4. The van der Waals surface area contributed by atoms with Crippen LogP contribution in [0, 0.1) is 20.2 Å². The second-order valence-corrected chi connectivity index (χ2v) is 9.32. The smallest absolute Gasteiger partial charge is 0.268 e. The molecule has 12 nitrogen and oxygen atoms in total. The number of carbonyl (C=O) groups excluding carboxylic acids is 4. The zero-order valence-corrected chi connectivity index (χ0v) is 21.3. The maximum Gasteiger partial charge on any atom is 0.283 e. The van der Waals surface area contributed by atoms with Gasteiger partial charge in [-0.15, -0.1) is 0 Å². The molecule has 4 aromatic rings. The molecule has 0 saturated heterocycles. The van der Waals surface area contributed by atoms with Gasteiger partial charge in [-0.05, 0) is 47.5 Å². The quantitative estimate of drug-likeness (QED) is 0.133. The van der Waals surface area contributed by atoms with Gasteiger partial charge in [0.05, 0.1) is 32.3 Å². The van der Waals surface area contributed by atoms with Gasteiger partial charge in [0.25, 0.3) is 35.0 Å². The first-order chi connectivity index (χ1) is 20.2. The Morgan fingerprint density at radius 2 is 0.857 bits per heavy atom. The van der Waals surface area contributed by atoms with Crippen LogP contribution in [-0.2, 0) is 0 Å². The summed E-state index contributed by atoms with van der Waals surface area (Å²) in [7, 11) is 0. The first kappa shape index (κ1) is 26.0. The lowest BCUT2D eigenvalue weighted by Crippen LogP contribution is -2.29. The van der Waals surface area contributed by atoms with E-state index < -0.39 is 44.9 Å². The lowest BCUT2D eigenvalue weighted by atomic mass is 10.1. The molecule has 0 aliphatic carbocycles. The highest BCUT2D eigenvalue weighted by Gasteiger charge is 2.43. The normalized spacial score (nSPS) is 14.1. The van der Waals surface area contributed by atoms with Crippen molar-refractivity contribution in [1.29, 1.82) is 0 Å². The summed E-state index contributed by atoms with van der Waals surface area (Å²) in [6.45, 7) is 0. The fourth-order valence-corrected chi connectivity index (χ4v) is 4.97. The Bertz CT molecular complexity index is 1770. The second-order valence-electron chi connectivity index (χ2n) is 9.32. The number of hydrogen-bond acceptors (Lipinski definition) is 8. The fourth-order valence-electron chi connectivity index (χ4n) is 4.97. The van der Waals surface area contributed by atoms with Gasteiger partial charge in [-0.2, -0.15) is 0 Å². The summed E-state index contributed by atoms with van der Waals surface area (Å²) in [5, 5.41) is 22.7. The molecular formula is C30H16N4O8. The van der Waals surface area contributed by atoms with Crippen LogP contribution in [0.5, 0.6) is 0 Å². The first-order valence-corrected chi connectivity index (χ1v) is 12.4. The van der Waals surface area contributed by atoms with Crippen molar-refractivity contribution in [2.45, 2.75) is 0 Å². The van der Waals surface area contributed by atoms with E-state index in [0.29, 0.717) is 0 Å². The number of fused-ring (bicyclic) bond motifs is 2. The van der Waals surface area contributed by atoms with E-state index in [2.05, 4.69) is 0 Å². The summed E-state index contributed by atoms with van der Waals surface area (Å²) < 4.78 is 0. The van der Waals surface area contributed by atoms with Crippen LogP contribution in [-0.4, -0.2) is 33.5 Å². The van der Waals surface area contributed by atoms with Gasteiger partial charge in [-0.3, -0.25) is 39.4 Å². The third kappa shape index (κ3) is 4.02. The van der Waals surface area contributed by atoms with E-state index in [4.69, 9.17) is 0 Å². The number of nitrogens with zero attached hydrogens (tertiary/aromatic N) is 4. The van der Waals surface area contributed by atoms with Gasteiger partial charge in [0.2, 0.25) is 0 Å². The predicted molar refractivity (Wildman–Crippen MR) is 150 cm³/mol. The first-order valence-electron chi connectivity index (χ1n) is 12.4. The summed E-state index contributed by atoms with van der Waals surface area (Å²) in [6, 6.07) is 20.7. The van der Waals surface area contributed by atoms with Gasteiger partial charge in [0, 0.05) is 12.1 Å². The molecular weight excluding hydrogens is 544 g/mol. The number of nitro groups is 2. The molecule has 0 spiro atoms. The highest BCUT2D eigenvalue weighted by atomic mass is 16.6. The third-order valence-corrected chi connectivity index (χ3v) is 6.95. The van der Waals surface area contributed by atoms with Crippen LogP contribution in [0.25, 0.3) is 12.2 Å². The van der Waals surface area contributed by atoms with E-state index in [1.165, 1.54) is 36.4 Å². The third-order valence-electron chi connectivity index (χ3n) is 6.95. The van der Waals surface area contributed by atoms with Gasteiger partial charge in [0.15, 0.2) is 0 Å². The Labute approximate surface area is 236 Å². The van der Waals surface area contributed by atoms with Crippen LogP contribution in [0.15, 0.2) is 84.9 Å². The molecule has 0 atom stereocenters. The van der Waals surface area contributed by atoms with Gasteiger partial charge in [-0.1, -0.05) is 48.6 Å². The van der Waals surface area contributed by atoms with E-state index in [0.717, 1.165) is 20.9 Å². The summed E-state index contributed by atoms with van der Waals surface area (Å²) in [4.78, 5) is 74.6. The van der Waals surface area contributed by atoms with Crippen molar-refractivity contribution in [2.24, 2.45) is 0 Å². The highest BCUT2D eigenvalue weighted by Crippen LogP contribution is 2.35. The summed E-state index contributed by atoms with van der Waals surface area (Å²) >= 11 is 0. The molecule has 2 heterocycles. The number of rotatable bonds is 6. The molecule has 0 radical (unpaired) electrons. The average molecular weight is 560 g/mol. The molecule has 2 aliphatic heterocycles. The topological polar surface area (TPSA) is 161 Å². The zero-order valence-electron chi connectivity index (χ0n) is 21.3. The number of anilines is 2. The van der Waals surface area contributed by atoms with Crippen LogP contribution < -0.4 is 9.80 Å². The number of nitro benzene ring substituents is 2. The Morgan fingerprint density at radius 1 is 0.500 bits per heavy atom. The number of imide groups is 2. The lowest BCUT2D eigenvalue weighted by Gasteiger charge is -2.14. The van der Waals surface area contributed by atoms with Crippen LogP contribution in [0.3, 0.4) is 0 Å². The Balaban J connectivity index is 1.18. The molecule has 12 heteroatoms. The van der Waals surface area contributed by atoms with E-state index in [9.17, 15) is 39.4 Å². The van der Waals surface area contributed by atoms with E-state index in [1.807, 2.05) is 0 Å². The largest absolute Gasteiger partial charge is 0.283 e. The molecule has 0 bridgehead atoms. The van der Waals surface area contributed by atoms with Crippen molar-refractivity contribution in [3.63, 3.8) is 0 Å². The number of benzene rings is 4. The molecule has 42 heavy (non-hydrogen) atoms. The van der Waals surface area contributed by atoms with E-state index in [-0.39, 0.29) is 33.6 Å². The number of hydrogen-bond donors (Lipinski definition) is 0. The maximum absolute atomic E-state index is 12.9. The minimum Gasteiger partial charge on any atom is -0.268 e. The minimum absolute atomic E-state index is 0.0268. The van der Waals surface area contributed by atoms with Crippen molar-refractivity contribution in [1.82, 2.24) is 0 Å². The second kappa shape index (κ2) is 9.71. The van der Waals surface area contributed by atoms with Crippen LogP contribution in [0.1, 0.15) is 52.6 Å². The highest BCUT2D eigenvalue weighted by molar-refractivity contribution is 6.36. The molecule has 6 rings (SSSR count). The van der Waals surface area contributed by atoms with Crippen molar-refractivity contribution in [2.75, 3.05) is 9.80 Å². The molecule has 0 aromatic heterocycles.